The number of sulfonamides is 1. The van der Waals surface area contributed by atoms with Crippen LogP contribution in [0.5, 0.6) is 0 Å². The standard InChI is InChI=1S/C23H25N3O4S/c1-25(17-18-9-5-4-6-10-18)22-12-8-7-11-21(22)24-23(27)19-13-15-20(16-14-19)31(28,29)26(2)30-3/h4-16H,17H2,1-3H3,(H,24,27). The Morgan fingerprint density at radius 1 is 0.903 bits per heavy atom. The summed E-state index contributed by atoms with van der Waals surface area (Å²) in [4.78, 5) is 19.6. The zero-order valence-electron chi connectivity index (χ0n) is 17.6. The number of carbonyl (C=O) groups excluding carboxylic acids is 1. The maximum Gasteiger partial charge on any atom is 0.264 e. The van der Waals surface area contributed by atoms with Gasteiger partial charge in [0.2, 0.25) is 0 Å². The molecule has 0 aromatic heterocycles. The molecule has 3 aromatic carbocycles. The lowest BCUT2D eigenvalue weighted by molar-refractivity contribution is -0.0258. The van der Waals surface area contributed by atoms with Crippen LogP contribution in [0.2, 0.25) is 0 Å². The summed E-state index contributed by atoms with van der Waals surface area (Å²) in [5.74, 6) is -0.329. The van der Waals surface area contributed by atoms with Crippen LogP contribution >= 0.6 is 0 Å². The molecule has 0 spiro atoms. The molecule has 0 aliphatic heterocycles. The van der Waals surface area contributed by atoms with Gasteiger partial charge in [0.15, 0.2) is 0 Å². The van der Waals surface area contributed by atoms with Gasteiger partial charge in [-0.2, -0.15) is 0 Å². The molecule has 8 heteroatoms. The summed E-state index contributed by atoms with van der Waals surface area (Å²) in [6.45, 7) is 0.688. The van der Waals surface area contributed by atoms with E-state index in [1.807, 2.05) is 61.6 Å². The zero-order chi connectivity index (χ0) is 22.4. The van der Waals surface area contributed by atoms with Gasteiger partial charge in [0.05, 0.1) is 23.4 Å². The van der Waals surface area contributed by atoms with Crippen LogP contribution in [0.3, 0.4) is 0 Å². The van der Waals surface area contributed by atoms with Crippen LogP contribution in [0.1, 0.15) is 15.9 Å². The molecule has 0 aliphatic rings. The highest BCUT2D eigenvalue weighted by molar-refractivity contribution is 7.89. The summed E-state index contributed by atoms with van der Waals surface area (Å²) in [5.41, 5.74) is 3.05. The minimum atomic E-state index is -3.77. The highest BCUT2D eigenvalue weighted by Crippen LogP contribution is 2.26. The number of carbonyl (C=O) groups is 1. The zero-order valence-corrected chi connectivity index (χ0v) is 18.5. The molecule has 0 bridgehead atoms. The van der Waals surface area contributed by atoms with Crippen molar-refractivity contribution < 1.29 is 18.0 Å². The quantitative estimate of drug-likeness (QED) is 0.541. The average Bonchev–Trinajstić information content (AvgIpc) is 2.79. The van der Waals surface area contributed by atoms with Crippen molar-refractivity contribution in [1.29, 1.82) is 0 Å². The second-order valence-corrected chi connectivity index (χ2v) is 8.87. The molecule has 0 fully saturated rings. The van der Waals surface area contributed by atoms with E-state index in [9.17, 15) is 13.2 Å². The predicted octanol–water partition coefficient (Wildman–Crippen LogP) is 3.76. The number of anilines is 2. The lowest BCUT2D eigenvalue weighted by Gasteiger charge is -2.23. The third-order valence-electron chi connectivity index (χ3n) is 4.84. The molecule has 0 atom stereocenters. The van der Waals surface area contributed by atoms with Gasteiger partial charge in [-0.1, -0.05) is 46.9 Å². The van der Waals surface area contributed by atoms with Crippen LogP contribution in [-0.4, -0.2) is 40.0 Å². The molecule has 0 unspecified atom stereocenters. The van der Waals surface area contributed by atoms with Crippen LogP contribution in [0.15, 0.2) is 83.8 Å². The maximum absolute atomic E-state index is 12.8. The van der Waals surface area contributed by atoms with Crippen molar-refractivity contribution in [2.24, 2.45) is 0 Å². The van der Waals surface area contributed by atoms with Gasteiger partial charge in [-0.15, -0.1) is 0 Å². The summed E-state index contributed by atoms with van der Waals surface area (Å²) < 4.78 is 25.4. The number of hydrogen-bond donors (Lipinski definition) is 1. The Kier molecular flexibility index (Phi) is 7.06. The Morgan fingerprint density at radius 2 is 1.52 bits per heavy atom. The van der Waals surface area contributed by atoms with E-state index in [2.05, 4.69) is 10.2 Å². The number of hydroxylamine groups is 1. The van der Waals surface area contributed by atoms with Gasteiger partial charge in [-0.3, -0.25) is 9.63 Å². The van der Waals surface area contributed by atoms with Gasteiger partial charge in [0, 0.05) is 26.2 Å². The molecule has 0 heterocycles. The number of para-hydroxylation sites is 2. The van der Waals surface area contributed by atoms with Crippen molar-refractivity contribution >= 4 is 27.3 Å². The number of nitrogens with zero attached hydrogens (tertiary/aromatic N) is 2. The molecule has 3 aromatic rings. The van der Waals surface area contributed by atoms with E-state index in [4.69, 9.17) is 4.84 Å². The summed E-state index contributed by atoms with van der Waals surface area (Å²) in [6, 6.07) is 23.3. The first-order valence-electron chi connectivity index (χ1n) is 9.61. The molecule has 0 saturated carbocycles. The van der Waals surface area contributed by atoms with E-state index in [1.54, 1.807) is 0 Å². The molecule has 7 nitrogen and oxygen atoms in total. The van der Waals surface area contributed by atoms with Gasteiger partial charge in [0.1, 0.15) is 0 Å². The van der Waals surface area contributed by atoms with Crippen molar-refractivity contribution in [2.75, 3.05) is 31.4 Å². The van der Waals surface area contributed by atoms with Crippen molar-refractivity contribution in [3.05, 3.63) is 90.0 Å². The van der Waals surface area contributed by atoms with Crippen molar-refractivity contribution in [3.8, 4) is 0 Å². The van der Waals surface area contributed by atoms with E-state index in [0.29, 0.717) is 17.8 Å². The first-order valence-corrected chi connectivity index (χ1v) is 11.1. The van der Waals surface area contributed by atoms with Crippen LogP contribution in [0.25, 0.3) is 0 Å². The lowest BCUT2D eigenvalue weighted by Crippen LogP contribution is -2.25. The minimum absolute atomic E-state index is 0.0383. The van der Waals surface area contributed by atoms with E-state index in [-0.39, 0.29) is 10.8 Å². The van der Waals surface area contributed by atoms with E-state index in [0.717, 1.165) is 15.7 Å². The molecule has 0 radical (unpaired) electrons. The molecule has 162 valence electrons. The fraction of sp³-hybridized carbons (Fsp3) is 0.174. The number of rotatable bonds is 8. The van der Waals surface area contributed by atoms with Gasteiger partial charge < -0.3 is 10.2 Å². The monoisotopic (exact) mass is 439 g/mol. The smallest absolute Gasteiger partial charge is 0.264 e. The summed E-state index contributed by atoms with van der Waals surface area (Å²) in [5, 5.41) is 2.92. The first-order chi connectivity index (χ1) is 14.8. The normalized spacial score (nSPS) is 11.4. The number of amides is 1. The van der Waals surface area contributed by atoms with Gasteiger partial charge in [-0.05, 0) is 42.0 Å². The fourth-order valence-corrected chi connectivity index (χ4v) is 4.05. The van der Waals surface area contributed by atoms with E-state index in [1.165, 1.54) is 38.4 Å². The number of nitrogens with one attached hydrogen (secondary N) is 1. The molecule has 0 saturated heterocycles. The molecule has 3 rings (SSSR count). The van der Waals surface area contributed by atoms with Gasteiger partial charge >= 0.3 is 0 Å². The third kappa shape index (κ3) is 5.29. The summed E-state index contributed by atoms with van der Waals surface area (Å²) >= 11 is 0. The van der Waals surface area contributed by atoms with Crippen molar-refractivity contribution in [2.45, 2.75) is 11.4 Å². The Bertz CT molecular complexity index is 1130. The second-order valence-electron chi connectivity index (χ2n) is 6.93. The SMILES string of the molecule is CON(C)S(=O)(=O)c1ccc(C(=O)Nc2ccccc2N(C)Cc2ccccc2)cc1. The van der Waals surface area contributed by atoms with Crippen molar-refractivity contribution in [3.63, 3.8) is 0 Å². The second kappa shape index (κ2) is 9.74. The Labute approximate surface area is 182 Å². The Balaban J connectivity index is 1.77. The molecule has 1 N–H and O–H groups in total. The van der Waals surface area contributed by atoms with Crippen LogP contribution < -0.4 is 10.2 Å². The highest BCUT2D eigenvalue weighted by Gasteiger charge is 2.21. The maximum atomic E-state index is 12.8. The van der Waals surface area contributed by atoms with Crippen LogP contribution in [0, 0.1) is 0 Å². The third-order valence-corrected chi connectivity index (χ3v) is 6.53. The van der Waals surface area contributed by atoms with Crippen LogP contribution in [-0.2, 0) is 21.4 Å². The van der Waals surface area contributed by atoms with E-state index < -0.39 is 10.0 Å². The minimum Gasteiger partial charge on any atom is -0.369 e. The Hall–Kier alpha value is -3.20. The van der Waals surface area contributed by atoms with E-state index >= 15 is 0 Å². The number of hydrogen-bond acceptors (Lipinski definition) is 5. The van der Waals surface area contributed by atoms with Crippen molar-refractivity contribution in [1.82, 2.24) is 4.47 Å². The first kappa shape index (κ1) is 22.5. The fourth-order valence-electron chi connectivity index (χ4n) is 3.07. The summed E-state index contributed by atoms with van der Waals surface area (Å²) in [7, 11) is 0.771. The molecular weight excluding hydrogens is 414 g/mol. The largest absolute Gasteiger partial charge is 0.369 e. The topological polar surface area (TPSA) is 78.9 Å². The van der Waals surface area contributed by atoms with Crippen LogP contribution in [0.4, 0.5) is 11.4 Å². The van der Waals surface area contributed by atoms with Gasteiger partial charge in [-0.25, -0.2) is 8.42 Å². The molecule has 31 heavy (non-hydrogen) atoms. The molecular formula is C23H25N3O4S. The molecule has 0 aliphatic carbocycles. The predicted molar refractivity (Wildman–Crippen MR) is 121 cm³/mol. The summed E-state index contributed by atoms with van der Waals surface area (Å²) in [6.07, 6.45) is 0. The van der Waals surface area contributed by atoms with Gasteiger partial charge in [0.25, 0.3) is 15.9 Å². The average molecular weight is 440 g/mol. The highest BCUT2D eigenvalue weighted by atomic mass is 32.2. The Morgan fingerprint density at radius 3 is 2.16 bits per heavy atom. The molecule has 1 amide bonds. The lowest BCUT2D eigenvalue weighted by atomic mass is 10.1. The number of benzene rings is 3.